The van der Waals surface area contributed by atoms with Crippen molar-refractivity contribution >= 4 is 17.5 Å². The molecule has 1 aliphatic rings. The summed E-state index contributed by atoms with van der Waals surface area (Å²) < 4.78 is 43.4. The van der Waals surface area contributed by atoms with Gasteiger partial charge in [0.25, 0.3) is 0 Å². The Kier molecular flexibility index (Phi) is 5.68. The third-order valence-electron chi connectivity index (χ3n) is 4.11. The fourth-order valence-corrected chi connectivity index (χ4v) is 2.72. The molecule has 7 nitrogen and oxygen atoms in total. The molecule has 0 spiro atoms. The molecule has 1 aromatic carbocycles. The van der Waals surface area contributed by atoms with Crippen molar-refractivity contribution < 1.29 is 22.7 Å². The van der Waals surface area contributed by atoms with Gasteiger partial charge in [-0.25, -0.2) is 9.97 Å². The van der Waals surface area contributed by atoms with E-state index in [2.05, 4.69) is 9.97 Å². The Labute approximate surface area is 159 Å². The van der Waals surface area contributed by atoms with Crippen LogP contribution in [0.1, 0.15) is 12.5 Å². The number of ether oxygens (including phenoxy) is 1. The molecule has 2 aromatic rings. The number of amides is 1. The first-order chi connectivity index (χ1) is 13.2. The zero-order chi connectivity index (χ0) is 20.3. The highest BCUT2D eigenvalue weighted by molar-refractivity contribution is 5.97. The van der Waals surface area contributed by atoms with E-state index in [0.29, 0.717) is 31.1 Å². The highest BCUT2D eigenvalue weighted by Gasteiger charge is 2.32. The van der Waals surface area contributed by atoms with Crippen LogP contribution in [0, 0.1) is 0 Å². The fourth-order valence-electron chi connectivity index (χ4n) is 2.72. The maximum atomic E-state index is 12.6. The second kappa shape index (κ2) is 8.01. The van der Waals surface area contributed by atoms with Crippen molar-refractivity contribution in [2.75, 3.05) is 36.0 Å². The van der Waals surface area contributed by atoms with Crippen molar-refractivity contribution in [2.24, 2.45) is 5.73 Å². The van der Waals surface area contributed by atoms with Gasteiger partial charge in [0.15, 0.2) is 0 Å². The third-order valence-corrected chi connectivity index (χ3v) is 4.11. The number of hydrogen-bond acceptors (Lipinski definition) is 6. The molecule has 28 heavy (non-hydrogen) atoms. The Balaban J connectivity index is 1.67. The first-order valence-electron chi connectivity index (χ1n) is 8.67. The van der Waals surface area contributed by atoms with Crippen LogP contribution in [0.2, 0.25) is 0 Å². The molecule has 1 aromatic heterocycles. The van der Waals surface area contributed by atoms with E-state index in [4.69, 9.17) is 10.5 Å². The zero-order valence-corrected chi connectivity index (χ0v) is 15.2. The van der Waals surface area contributed by atoms with Gasteiger partial charge in [-0.1, -0.05) is 6.07 Å². The number of halogens is 3. The molecule has 2 N–H and O–H groups in total. The van der Waals surface area contributed by atoms with Crippen LogP contribution in [-0.4, -0.2) is 48.2 Å². The summed E-state index contributed by atoms with van der Waals surface area (Å²) in [7, 11) is 0. The van der Waals surface area contributed by atoms with Gasteiger partial charge >= 0.3 is 6.18 Å². The van der Waals surface area contributed by atoms with Crippen LogP contribution >= 0.6 is 0 Å². The van der Waals surface area contributed by atoms with Crippen molar-refractivity contribution in [1.29, 1.82) is 0 Å². The molecule has 0 bridgehead atoms. The second-order valence-electron chi connectivity index (χ2n) is 6.52. The number of rotatable bonds is 5. The van der Waals surface area contributed by atoms with Crippen LogP contribution in [0.25, 0.3) is 0 Å². The highest BCUT2D eigenvalue weighted by atomic mass is 19.4. The first-order valence-corrected chi connectivity index (χ1v) is 8.67. The minimum absolute atomic E-state index is 0.0315. The normalized spacial score (nSPS) is 16.2. The average molecular weight is 395 g/mol. The Morgan fingerprint density at radius 1 is 1.25 bits per heavy atom. The van der Waals surface area contributed by atoms with Crippen molar-refractivity contribution in [2.45, 2.75) is 19.1 Å². The van der Waals surface area contributed by atoms with Gasteiger partial charge in [-0.2, -0.15) is 13.2 Å². The van der Waals surface area contributed by atoms with E-state index >= 15 is 0 Å². The van der Waals surface area contributed by atoms with Crippen molar-refractivity contribution in [1.82, 2.24) is 9.97 Å². The predicted octanol–water partition coefficient (Wildman–Crippen LogP) is 2.07. The molecule has 0 unspecified atom stereocenters. The van der Waals surface area contributed by atoms with Gasteiger partial charge in [0.1, 0.15) is 18.9 Å². The quantitative estimate of drug-likeness (QED) is 0.835. The number of alkyl halides is 3. The molecular weight excluding hydrogens is 375 g/mol. The van der Waals surface area contributed by atoms with E-state index in [9.17, 15) is 18.0 Å². The number of aromatic nitrogens is 2. The Morgan fingerprint density at radius 2 is 1.96 bits per heavy atom. The second-order valence-corrected chi connectivity index (χ2v) is 6.52. The lowest BCUT2D eigenvalue weighted by atomic mass is 10.2. The Hall–Kier alpha value is -2.88. The van der Waals surface area contributed by atoms with E-state index in [0.717, 1.165) is 12.4 Å². The summed E-state index contributed by atoms with van der Waals surface area (Å²) in [6.45, 7) is 2.89. The summed E-state index contributed by atoms with van der Waals surface area (Å²) in [6, 6.07) is 7.00. The summed E-state index contributed by atoms with van der Waals surface area (Å²) >= 11 is 0. The molecule has 1 atom stereocenters. The third kappa shape index (κ3) is 4.69. The summed E-state index contributed by atoms with van der Waals surface area (Å²) in [5.74, 6) is 0.491. The average Bonchev–Trinajstić information content (AvgIpc) is 2.66. The lowest BCUT2D eigenvalue weighted by Crippen LogP contribution is -2.51. The smallest absolute Gasteiger partial charge is 0.419 e. The maximum Gasteiger partial charge on any atom is 0.419 e. The van der Waals surface area contributed by atoms with Crippen molar-refractivity contribution in [3.8, 4) is 5.75 Å². The van der Waals surface area contributed by atoms with Crippen molar-refractivity contribution in [3.63, 3.8) is 0 Å². The summed E-state index contributed by atoms with van der Waals surface area (Å²) in [4.78, 5) is 23.2. The fraction of sp³-hybridized carbons (Fsp3) is 0.389. The van der Waals surface area contributed by atoms with Crippen molar-refractivity contribution in [3.05, 3.63) is 42.2 Å². The molecule has 0 saturated carbocycles. The van der Waals surface area contributed by atoms with Crippen LogP contribution in [0.3, 0.4) is 0 Å². The number of nitrogens with two attached hydrogens (primary N) is 1. The Morgan fingerprint density at radius 3 is 2.57 bits per heavy atom. The maximum absolute atomic E-state index is 12.6. The molecule has 1 aliphatic heterocycles. The van der Waals surface area contributed by atoms with Gasteiger partial charge in [0.2, 0.25) is 11.9 Å². The standard InChI is InChI=1S/C18H20F3N5O2/c1-12(22)11-28-15-4-2-3-14(7-15)26-6-5-25(10-16(26)27)17-23-8-13(9-24-17)18(19,20)21/h2-4,7-9,12H,5-6,10-11,22H2,1H3/t12-/m0/s1. The van der Waals surface area contributed by atoms with Crippen LogP contribution in [-0.2, 0) is 11.0 Å². The van der Waals surface area contributed by atoms with Gasteiger partial charge in [-0.15, -0.1) is 0 Å². The minimum atomic E-state index is -4.50. The molecule has 2 heterocycles. The lowest BCUT2D eigenvalue weighted by molar-refractivity contribution is -0.138. The molecule has 10 heteroatoms. The number of carbonyl (C=O) groups excluding carboxylic acids is 1. The van der Waals surface area contributed by atoms with E-state index in [-0.39, 0.29) is 24.4 Å². The molecule has 0 aliphatic carbocycles. The van der Waals surface area contributed by atoms with Gasteiger partial charge in [-0.3, -0.25) is 4.79 Å². The van der Waals surface area contributed by atoms with Gasteiger partial charge in [0, 0.05) is 43.3 Å². The number of carbonyl (C=O) groups is 1. The molecule has 3 rings (SSSR count). The molecule has 0 radical (unpaired) electrons. The molecule has 1 saturated heterocycles. The van der Waals surface area contributed by atoms with Crippen LogP contribution in [0.15, 0.2) is 36.7 Å². The van der Waals surface area contributed by atoms with Gasteiger partial charge in [0.05, 0.1) is 5.56 Å². The summed E-state index contributed by atoms with van der Waals surface area (Å²) in [6.07, 6.45) is -3.06. The molecule has 1 fully saturated rings. The highest BCUT2D eigenvalue weighted by Crippen LogP contribution is 2.29. The predicted molar refractivity (Wildman–Crippen MR) is 97.2 cm³/mol. The monoisotopic (exact) mass is 395 g/mol. The zero-order valence-electron chi connectivity index (χ0n) is 15.2. The van der Waals surface area contributed by atoms with E-state index in [1.807, 2.05) is 6.92 Å². The summed E-state index contributed by atoms with van der Waals surface area (Å²) in [5, 5.41) is 0. The molecule has 1 amide bonds. The summed E-state index contributed by atoms with van der Waals surface area (Å²) in [5.41, 5.74) is 5.43. The van der Waals surface area contributed by atoms with E-state index in [1.54, 1.807) is 34.1 Å². The number of anilines is 2. The number of hydrogen-bond donors (Lipinski definition) is 1. The van der Waals surface area contributed by atoms with Gasteiger partial charge < -0.3 is 20.3 Å². The number of piperazine rings is 1. The minimum Gasteiger partial charge on any atom is -0.492 e. The van der Waals surface area contributed by atoms with E-state index in [1.165, 1.54) is 0 Å². The number of nitrogens with zero attached hydrogens (tertiary/aromatic N) is 4. The largest absolute Gasteiger partial charge is 0.492 e. The molecule has 150 valence electrons. The number of benzene rings is 1. The van der Waals surface area contributed by atoms with E-state index < -0.39 is 11.7 Å². The lowest BCUT2D eigenvalue weighted by Gasteiger charge is -2.34. The SMILES string of the molecule is C[C@H](N)COc1cccc(N2CCN(c3ncc(C(F)(F)F)cn3)CC2=O)c1. The van der Waals surface area contributed by atoms with Crippen LogP contribution in [0.4, 0.5) is 24.8 Å². The van der Waals surface area contributed by atoms with Crippen LogP contribution in [0.5, 0.6) is 5.75 Å². The Bertz CT molecular complexity index is 827. The first kappa shape index (κ1) is 19.9. The topological polar surface area (TPSA) is 84.6 Å². The van der Waals surface area contributed by atoms with Crippen LogP contribution < -0.4 is 20.3 Å². The molecular formula is C18H20F3N5O2. The van der Waals surface area contributed by atoms with Gasteiger partial charge in [-0.05, 0) is 19.1 Å².